The number of rotatable bonds is 7. The summed E-state index contributed by atoms with van der Waals surface area (Å²) in [5, 5.41) is 2.85. The lowest BCUT2D eigenvalue weighted by atomic mass is 10.1. The molecule has 25 heavy (non-hydrogen) atoms. The Kier molecular flexibility index (Phi) is 6.28. The molecule has 0 atom stereocenters. The number of ether oxygens (including phenoxy) is 3. The minimum Gasteiger partial charge on any atom is -0.493 e. The smallest absolute Gasteiger partial charge is 0.258 e. The van der Waals surface area contributed by atoms with Crippen molar-refractivity contribution in [3.05, 3.63) is 52.6 Å². The average Bonchev–Trinajstić information content (AvgIpc) is 2.62. The van der Waals surface area contributed by atoms with Gasteiger partial charge < -0.3 is 19.5 Å². The van der Waals surface area contributed by atoms with Crippen LogP contribution in [0.1, 0.15) is 22.3 Å². The zero-order chi connectivity index (χ0) is 18.4. The van der Waals surface area contributed by atoms with Crippen LogP contribution in [0.3, 0.4) is 0 Å². The summed E-state index contributed by atoms with van der Waals surface area (Å²) in [6, 6.07) is 9.59. The minimum atomic E-state index is -0.171. The summed E-state index contributed by atoms with van der Waals surface area (Å²) in [5.74, 6) is 1.90. The van der Waals surface area contributed by atoms with Crippen LogP contribution in [-0.2, 0) is 11.3 Å². The number of methoxy groups -OCH3 is 2. The summed E-state index contributed by atoms with van der Waals surface area (Å²) >= 11 is 0. The fourth-order valence-corrected chi connectivity index (χ4v) is 2.53. The van der Waals surface area contributed by atoms with E-state index in [0.29, 0.717) is 18.0 Å². The number of nitrogens with one attached hydrogen (secondary N) is 1. The van der Waals surface area contributed by atoms with Gasteiger partial charge in [0.1, 0.15) is 5.75 Å². The molecule has 0 bridgehead atoms. The molecule has 0 aliphatic carbocycles. The molecule has 0 aliphatic heterocycles. The van der Waals surface area contributed by atoms with Crippen molar-refractivity contribution in [1.82, 2.24) is 5.32 Å². The Morgan fingerprint density at radius 2 is 1.64 bits per heavy atom. The van der Waals surface area contributed by atoms with Crippen LogP contribution >= 0.6 is 0 Å². The van der Waals surface area contributed by atoms with E-state index in [1.54, 1.807) is 14.2 Å². The van der Waals surface area contributed by atoms with Gasteiger partial charge in [0.05, 0.1) is 14.2 Å². The number of hydrogen-bond acceptors (Lipinski definition) is 4. The molecule has 0 aliphatic rings. The molecule has 1 N–H and O–H groups in total. The van der Waals surface area contributed by atoms with Crippen molar-refractivity contribution in [2.75, 3.05) is 20.8 Å². The van der Waals surface area contributed by atoms with Gasteiger partial charge in [-0.15, -0.1) is 0 Å². The van der Waals surface area contributed by atoms with Crippen molar-refractivity contribution in [3.8, 4) is 17.2 Å². The van der Waals surface area contributed by atoms with E-state index in [2.05, 4.69) is 11.4 Å². The first-order valence-electron chi connectivity index (χ1n) is 8.13. The monoisotopic (exact) mass is 343 g/mol. The second-order valence-electron chi connectivity index (χ2n) is 5.91. The molecule has 0 saturated carbocycles. The van der Waals surface area contributed by atoms with Crippen LogP contribution in [0.4, 0.5) is 0 Å². The predicted octanol–water partition coefficient (Wildman–Crippen LogP) is 3.32. The maximum absolute atomic E-state index is 12.1. The maximum Gasteiger partial charge on any atom is 0.258 e. The van der Waals surface area contributed by atoms with Gasteiger partial charge in [0.25, 0.3) is 5.91 Å². The van der Waals surface area contributed by atoms with Crippen LogP contribution in [0.5, 0.6) is 17.2 Å². The molecule has 134 valence electrons. The third-order valence-corrected chi connectivity index (χ3v) is 4.16. The van der Waals surface area contributed by atoms with E-state index in [0.717, 1.165) is 28.0 Å². The Labute approximate surface area is 148 Å². The van der Waals surface area contributed by atoms with Gasteiger partial charge in [-0.3, -0.25) is 4.79 Å². The first-order chi connectivity index (χ1) is 12.0. The second kappa shape index (κ2) is 8.42. The molecule has 5 nitrogen and oxygen atoms in total. The Bertz CT molecular complexity index is 756. The number of benzene rings is 2. The van der Waals surface area contributed by atoms with Crippen molar-refractivity contribution >= 4 is 5.91 Å². The summed E-state index contributed by atoms with van der Waals surface area (Å²) in [5.41, 5.74) is 4.16. The van der Waals surface area contributed by atoms with E-state index in [9.17, 15) is 4.79 Å². The summed E-state index contributed by atoms with van der Waals surface area (Å²) in [6.07, 6.45) is 0. The van der Waals surface area contributed by atoms with Crippen LogP contribution in [-0.4, -0.2) is 26.7 Å². The lowest BCUT2D eigenvalue weighted by Crippen LogP contribution is -2.28. The highest BCUT2D eigenvalue weighted by Gasteiger charge is 2.10. The lowest BCUT2D eigenvalue weighted by Gasteiger charge is -2.14. The van der Waals surface area contributed by atoms with Crippen molar-refractivity contribution < 1.29 is 19.0 Å². The van der Waals surface area contributed by atoms with Gasteiger partial charge in [-0.05, 0) is 55.2 Å². The number of aryl methyl sites for hydroxylation is 2. The fourth-order valence-electron chi connectivity index (χ4n) is 2.53. The van der Waals surface area contributed by atoms with Crippen LogP contribution in [0.25, 0.3) is 0 Å². The molecular weight excluding hydrogens is 318 g/mol. The highest BCUT2D eigenvalue weighted by molar-refractivity contribution is 5.77. The Morgan fingerprint density at radius 3 is 2.32 bits per heavy atom. The molecule has 0 fully saturated rings. The van der Waals surface area contributed by atoms with Crippen molar-refractivity contribution in [1.29, 1.82) is 0 Å². The second-order valence-corrected chi connectivity index (χ2v) is 5.91. The normalized spacial score (nSPS) is 10.3. The highest BCUT2D eigenvalue weighted by atomic mass is 16.5. The van der Waals surface area contributed by atoms with E-state index < -0.39 is 0 Å². The number of amides is 1. The third kappa shape index (κ3) is 4.66. The predicted molar refractivity (Wildman–Crippen MR) is 97.5 cm³/mol. The van der Waals surface area contributed by atoms with Gasteiger partial charge in [0.2, 0.25) is 0 Å². The Hall–Kier alpha value is -2.69. The summed E-state index contributed by atoms with van der Waals surface area (Å²) in [6.45, 7) is 6.38. The van der Waals surface area contributed by atoms with Crippen LogP contribution in [0, 0.1) is 20.8 Å². The van der Waals surface area contributed by atoms with Gasteiger partial charge in [-0.1, -0.05) is 18.2 Å². The molecule has 0 unspecified atom stereocenters. The summed E-state index contributed by atoms with van der Waals surface area (Å²) < 4.78 is 16.2. The van der Waals surface area contributed by atoms with Gasteiger partial charge >= 0.3 is 0 Å². The molecule has 2 aromatic carbocycles. The van der Waals surface area contributed by atoms with Gasteiger partial charge in [0.15, 0.2) is 18.1 Å². The molecule has 0 aromatic heterocycles. The van der Waals surface area contributed by atoms with Crippen LogP contribution in [0.2, 0.25) is 0 Å². The first kappa shape index (κ1) is 18.6. The molecular formula is C20H25NO4. The van der Waals surface area contributed by atoms with Gasteiger partial charge in [-0.2, -0.15) is 0 Å². The molecule has 2 aromatic rings. The van der Waals surface area contributed by atoms with Crippen molar-refractivity contribution in [3.63, 3.8) is 0 Å². The summed E-state index contributed by atoms with van der Waals surface area (Å²) in [4.78, 5) is 12.1. The number of hydrogen-bond donors (Lipinski definition) is 1. The SMILES string of the molecule is COc1ccc(CNC(=O)COc2c(C)ccc(C)c2C)cc1OC. The average molecular weight is 343 g/mol. The molecule has 2 rings (SSSR count). The van der Waals surface area contributed by atoms with E-state index >= 15 is 0 Å². The summed E-state index contributed by atoms with van der Waals surface area (Å²) in [7, 11) is 3.17. The quantitative estimate of drug-likeness (QED) is 0.838. The Balaban J connectivity index is 1.92. The van der Waals surface area contributed by atoms with Gasteiger partial charge in [0, 0.05) is 6.54 Å². The van der Waals surface area contributed by atoms with Crippen molar-refractivity contribution in [2.24, 2.45) is 0 Å². The van der Waals surface area contributed by atoms with E-state index in [4.69, 9.17) is 14.2 Å². The van der Waals surface area contributed by atoms with Gasteiger partial charge in [-0.25, -0.2) is 0 Å². The fraction of sp³-hybridized carbons (Fsp3) is 0.350. The van der Waals surface area contributed by atoms with E-state index in [-0.39, 0.29) is 12.5 Å². The third-order valence-electron chi connectivity index (χ3n) is 4.16. The zero-order valence-corrected chi connectivity index (χ0v) is 15.4. The molecule has 5 heteroatoms. The lowest BCUT2D eigenvalue weighted by molar-refractivity contribution is -0.123. The topological polar surface area (TPSA) is 56.8 Å². The molecule has 1 amide bonds. The van der Waals surface area contributed by atoms with Crippen molar-refractivity contribution in [2.45, 2.75) is 27.3 Å². The number of carbonyl (C=O) groups is 1. The van der Waals surface area contributed by atoms with E-state index in [1.807, 2.05) is 45.0 Å². The van der Waals surface area contributed by atoms with Crippen LogP contribution < -0.4 is 19.5 Å². The molecule has 0 radical (unpaired) electrons. The molecule has 0 spiro atoms. The first-order valence-corrected chi connectivity index (χ1v) is 8.13. The Morgan fingerprint density at radius 1 is 0.960 bits per heavy atom. The molecule has 0 heterocycles. The highest BCUT2D eigenvalue weighted by Crippen LogP contribution is 2.27. The maximum atomic E-state index is 12.1. The van der Waals surface area contributed by atoms with E-state index in [1.165, 1.54) is 0 Å². The minimum absolute atomic E-state index is 0.0155. The largest absolute Gasteiger partial charge is 0.493 e. The van der Waals surface area contributed by atoms with Crippen LogP contribution in [0.15, 0.2) is 30.3 Å². The number of carbonyl (C=O) groups excluding carboxylic acids is 1. The zero-order valence-electron chi connectivity index (χ0n) is 15.4. The molecule has 0 saturated heterocycles. The standard InChI is InChI=1S/C20H25NO4/c1-13-6-7-14(2)20(15(13)3)25-12-19(22)21-11-16-8-9-17(23-4)18(10-16)24-5/h6-10H,11-12H2,1-5H3,(H,21,22).